The zero-order valence-electron chi connectivity index (χ0n) is 13.4. The minimum Gasteiger partial charge on any atom is -0.495 e. The Labute approximate surface area is 155 Å². The second kappa shape index (κ2) is 7.49. The number of anilines is 1. The van der Waals surface area contributed by atoms with Crippen molar-refractivity contribution in [2.75, 3.05) is 26.5 Å². The van der Waals surface area contributed by atoms with E-state index < -0.39 is 10.0 Å². The first-order valence-electron chi connectivity index (χ1n) is 6.93. The molecule has 8 heteroatoms. The van der Waals surface area contributed by atoms with E-state index in [2.05, 4.69) is 27.9 Å². The first kappa shape index (κ1) is 18.7. The van der Waals surface area contributed by atoms with Gasteiger partial charge in [0.15, 0.2) is 0 Å². The van der Waals surface area contributed by atoms with Gasteiger partial charge >= 0.3 is 0 Å². The number of nitrogens with one attached hydrogen (secondary N) is 1. The van der Waals surface area contributed by atoms with Crippen LogP contribution in [0.3, 0.4) is 0 Å². The van der Waals surface area contributed by atoms with E-state index in [1.807, 2.05) is 6.07 Å². The maximum absolute atomic E-state index is 12.4. The van der Waals surface area contributed by atoms with Crippen molar-refractivity contribution in [3.05, 3.63) is 51.6 Å². The van der Waals surface area contributed by atoms with E-state index in [0.717, 1.165) is 7.88 Å². The van der Waals surface area contributed by atoms with Crippen LogP contribution in [0.5, 0.6) is 5.75 Å². The molecule has 0 fully saturated rings. The molecule has 1 N–H and O–H groups in total. The minimum absolute atomic E-state index is 0.0752. The van der Waals surface area contributed by atoms with Crippen LogP contribution in [-0.2, 0) is 10.0 Å². The van der Waals surface area contributed by atoms with Crippen LogP contribution in [0.2, 0.25) is 0 Å². The van der Waals surface area contributed by atoms with Crippen LogP contribution in [0.25, 0.3) is 0 Å². The van der Waals surface area contributed by atoms with Gasteiger partial charge in [-0.05, 0) is 59.0 Å². The van der Waals surface area contributed by atoms with Gasteiger partial charge in [0.05, 0.1) is 17.7 Å². The molecule has 0 aliphatic carbocycles. The number of halogens is 1. The fraction of sp³-hybridized carbons (Fsp3) is 0.188. The lowest BCUT2D eigenvalue weighted by Gasteiger charge is -2.15. The molecule has 2 aromatic rings. The average Bonchev–Trinajstić information content (AvgIpc) is 2.54. The van der Waals surface area contributed by atoms with Crippen LogP contribution in [-0.4, -0.2) is 39.8 Å². The molecule has 2 aromatic carbocycles. The second-order valence-corrected chi connectivity index (χ2v) is 8.51. The highest BCUT2D eigenvalue weighted by atomic mass is 127. The molecular weight excluding hydrogens is 443 g/mol. The highest BCUT2D eigenvalue weighted by molar-refractivity contribution is 14.1. The van der Waals surface area contributed by atoms with Crippen LogP contribution in [0.4, 0.5) is 5.69 Å². The quantitative estimate of drug-likeness (QED) is 0.697. The van der Waals surface area contributed by atoms with E-state index in [0.29, 0.717) is 17.0 Å². The van der Waals surface area contributed by atoms with Gasteiger partial charge in [-0.3, -0.25) is 4.79 Å². The standard InChI is InChI=1S/C16H17IN2O4S/c1-19(2)24(21,22)13-7-8-15(23-3)14(10-13)18-16(20)11-5-4-6-12(17)9-11/h4-10H,1-3H3,(H,18,20). The average molecular weight is 460 g/mol. The van der Waals surface area contributed by atoms with Gasteiger partial charge in [0.1, 0.15) is 5.75 Å². The minimum atomic E-state index is -3.61. The molecule has 24 heavy (non-hydrogen) atoms. The van der Waals surface area contributed by atoms with Gasteiger partial charge in [0.25, 0.3) is 5.91 Å². The van der Waals surface area contributed by atoms with Crippen molar-refractivity contribution in [3.8, 4) is 5.75 Å². The number of sulfonamides is 1. The zero-order chi connectivity index (χ0) is 17.9. The first-order valence-corrected chi connectivity index (χ1v) is 9.45. The summed E-state index contributed by atoms with van der Waals surface area (Å²) >= 11 is 2.12. The molecule has 0 aromatic heterocycles. The van der Waals surface area contributed by atoms with Crippen LogP contribution in [0.15, 0.2) is 47.4 Å². The number of hydrogen-bond donors (Lipinski definition) is 1. The summed E-state index contributed by atoms with van der Waals surface area (Å²) in [5.41, 5.74) is 0.772. The molecule has 0 heterocycles. The van der Waals surface area contributed by atoms with E-state index >= 15 is 0 Å². The maximum Gasteiger partial charge on any atom is 0.255 e. The topological polar surface area (TPSA) is 75.7 Å². The van der Waals surface area contributed by atoms with Crippen molar-refractivity contribution in [2.45, 2.75) is 4.90 Å². The number of nitrogens with zero attached hydrogens (tertiary/aromatic N) is 1. The Morgan fingerprint density at radius 1 is 1.17 bits per heavy atom. The summed E-state index contributed by atoms with van der Waals surface area (Å²) in [7, 11) is 0.745. The molecule has 128 valence electrons. The molecule has 0 aliphatic rings. The van der Waals surface area contributed by atoms with Gasteiger partial charge in [0.2, 0.25) is 10.0 Å². The number of carbonyl (C=O) groups is 1. The molecular formula is C16H17IN2O4S. The van der Waals surface area contributed by atoms with Crippen molar-refractivity contribution in [2.24, 2.45) is 0 Å². The van der Waals surface area contributed by atoms with Gasteiger partial charge in [-0.25, -0.2) is 12.7 Å². The molecule has 0 atom stereocenters. The number of carbonyl (C=O) groups excluding carboxylic acids is 1. The molecule has 0 saturated carbocycles. The Bertz CT molecular complexity index is 866. The predicted molar refractivity (Wildman–Crippen MR) is 101 cm³/mol. The maximum atomic E-state index is 12.4. The van der Waals surface area contributed by atoms with Gasteiger partial charge in [0, 0.05) is 23.2 Å². The number of hydrogen-bond acceptors (Lipinski definition) is 4. The Balaban J connectivity index is 2.40. The summed E-state index contributed by atoms with van der Waals surface area (Å²) in [6.45, 7) is 0. The Kier molecular flexibility index (Phi) is 5.83. The van der Waals surface area contributed by atoms with E-state index in [9.17, 15) is 13.2 Å². The monoisotopic (exact) mass is 460 g/mol. The summed E-state index contributed by atoms with van der Waals surface area (Å²) in [6.07, 6.45) is 0. The fourth-order valence-electron chi connectivity index (χ4n) is 1.98. The normalized spacial score (nSPS) is 11.4. The van der Waals surface area contributed by atoms with E-state index in [1.54, 1.807) is 18.2 Å². The summed E-state index contributed by atoms with van der Waals surface area (Å²) < 4.78 is 31.8. The van der Waals surface area contributed by atoms with Crippen LogP contribution >= 0.6 is 22.6 Å². The van der Waals surface area contributed by atoms with Gasteiger partial charge in [-0.15, -0.1) is 0 Å². The lowest BCUT2D eigenvalue weighted by atomic mass is 10.2. The number of ether oxygens (including phenoxy) is 1. The third-order valence-electron chi connectivity index (χ3n) is 3.28. The van der Waals surface area contributed by atoms with Gasteiger partial charge in [-0.1, -0.05) is 6.07 Å². The van der Waals surface area contributed by atoms with Crippen molar-refractivity contribution in [1.82, 2.24) is 4.31 Å². The first-order chi connectivity index (χ1) is 11.3. The molecule has 0 saturated heterocycles. The number of rotatable bonds is 5. The molecule has 6 nitrogen and oxygen atoms in total. The predicted octanol–water partition coefficient (Wildman–Crippen LogP) is 2.80. The molecule has 2 rings (SSSR count). The SMILES string of the molecule is COc1ccc(S(=O)(=O)N(C)C)cc1NC(=O)c1cccc(I)c1. The van der Waals surface area contributed by atoms with Crippen molar-refractivity contribution < 1.29 is 17.9 Å². The summed E-state index contributed by atoms with van der Waals surface area (Å²) in [5, 5.41) is 2.71. The molecule has 1 amide bonds. The van der Waals surface area contributed by atoms with E-state index in [1.165, 1.54) is 39.4 Å². The number of amides is 1. The third kappa shape index (κ3) is 4.05. The van der Waals surface area contributed by atoms with Crippen LogP contribution < -0.4 is 10.1 Å². The molecule has 0 unspecified atom stereocenters. The lowest BCUT2D eigenvalue weighted by Crippen LogP contribution is -2.22. The highest BCUT2D eigenvalue weighted by Crippen LogP contribution is 2.29. The molecule has 0 bridgehead atoms. The van der Waals surface area contributed by atoms with Crippen molar-refractivity contribution in [3.63, 3.8) is 0 Å². The zero-order valence-corrected chi connectivity index (χ0v) is 16.4. The summed E-state index contributed by atoms with van der Waals surface area (Å²) in [4.78, 5) is 12.5. The van der Waals surface area contributed by atoms with Crippen LogP contribution in [0, 0.1) is 3.57 Å². The summed E-state index contributed by atoms with van der Waals surface area (Å²) in [6, 6.07) is 11.4. The smallest absolute Gasteiger partial charge is 0.255 e. The summed E-state index contributed by atoms with van der Waals surface area (Å²) in [5.74, 6) is 0.0397. The molecule has 0 aliphatic heterocycles. The lowest BCUT2D eigenvalue weighted by molar-refractivity contribution is 0.102. The number of methoxy groups -OCH3 is 1. The van der Waals surface area contributed by atoms with Crippen molar-refractivity contribution in [1.29, 1.82) is 0 Å². The van der Waals surface area contributed by atoms with E-state index in [-0.39, 0.29) is 10.8 Å². The Hall–Kier alpha value is -1.65. The Morgan fingerprint density at radius 3 is 2.46 bits per heavy atom. The van der Waals surface area contributed by atoms with Gasteiger partial charge in [-0.2, -0.15) is 0 Å². The fourth-order valence-corrected chi connectivity index (χ4v) is 3.45. The number of benzene rings is 2. The van der Waals surface area contributed by atoms with Gasteiger partial charge < -0.3 is 10.1 Å². The van der Waals surface area contributed by atoms with Crippen LogP contribution in [0.1, 0.15) is 10.4 Å². The molecule has 0 spiro atoms. The highest BCUT2D eigenvalue weighted by Gasteiger charge is 2.20. The third-order valence-corrected chi connectivity index (χ3v) is 5.77. The molecule has 0 radical (unpaired) electrons. The second-order valence-electron chi connectivity index (χ2n) is 5.11. The van der Waals surface area contributed by atoms with Crippen molar-refractivity contribution >= 4 is 44.2 Å². The largest absolute Gasteiger partial charge is 0.495 e. The van der Waals surface area contributed by atoms with E-state index in [4.69, 9.17) is 4.74 Å². The Morgan fingerprint density at radius 2 is 1.88 bits per heavy atom.